The number of imide groups is 1. The van der Waals surface area contributed by atoms with Crippen molar-refractivity contribution >= 4 is 17.8 Å². The molecule has 0 aliphatic carbocycles. The number of benzene rings is 1. The smallest absolute Gasteiger partial charge is 0.324 e. The zero-order valence-electron chi connectivity index (χ0n) is 19.8. The second kappa shape index (κ2) is 9.56. The number of carbonyl (C=O) groups is 3. The quantitative estimate of drug-likeness (QED) is 0.611. The Hall–Kier alpha value is -3.62. The van der Waals surface area contributed by atoms with Crippen molar-refractivity contribution in [3.05, 3.63) is 64.1 Å². The lowest BCUT2D eigenvalue weighted by Gasteiger charge is -2.42. The predicted molar refractivity (Wildman–Crippen MR) is 128 cm³/mol. The van der Waals surface area contributed by atoms with Crippen molar-refractivity contribution < 1.29 is 19.1 Å². The van der Waals surface area contributed by atoms with Crippen molar-refractivity contribution in [2.24, 2.45) is 5.92 Å². The van der Waals surface area contributed by atoms with E-state index in [2.05, 4.69) is 5.32 Å². The summed E-state index contributed by atoms with van der Waals surface area (Å²) in [4.78, 5) is 53.6. The SMILES string of the molecule is COc1ccccc1CCN1C(=O)N[C@@H](CCC(=O)N2C[C@@H]3C[C@H](C2)c2cccc(=O)n2C3)C1=O. The van der Waals surface area contributed by atoms with Crippen molar-refractivity contribution in [1.29, 1.82) is 0 Å². The van der Waals surface area contributed by atoms with Gasteiger partial charge in [-0.15, -0.1) is 0 Å². The molecule has 3 aliphatic rings. The van der Waals surface area contributed by atoms with E-state index in [1.807, 2.05) is 39.8 Å². The highest BCUT2D eigenvalue weighted by Gasteiger charge is 2.39. The number of nitrogens with zero attached hydrogens (tertiary/aromatic N) is 3. The molecule has 4 heterocycles. The maximum absolute atomic E-state index is 13.0. The highest BCUT2D eigenvalue weighted by atomic mass is 16.5. The molecule has 2 bridgehead atoms. The van der Waals surface area contributed by atoms with Crippen LogP contribution in [-0.2, 0) is 22.6 Å². The van der Waals surface area contributed by atoms with Crippen molar-refractivity contribution in [2.45, 2.75) is 44.2 Å². The van der Waals surface area contributed by atoms with Crippen LogP contribution in [-0.4, -0.2) is 65.0 Å². The maximum atomic E-state index is 13.0. The Kier molecular flexibility index (Phi) is 6.32. The number of rotatable bonds is 7. The fraction of sp³-hybridized carbons (Fsp3) is 0.462. The number of piperidine rings is 1. The first-order valence-corrected chi connectivity index (χ1v) is 12.2. The summed E-state index contributed by atoms with van der Waals surface area (Å²) in [6.07, 6.45) is 1.94. The van der Waals surface area contributed by atoms with E-state index in [4.69, 9.17) is 4.74 Å². The summed E-state index contributed by atoms with van der Waals surface area (Å²) in [6.45, 7) is 2.08. The monoisotopic (exact) mass is 478 g/mol. The molecule has 184 valence electrons. The Labute approximate surface area is 203 Å². The average molecular weight is 479 g/mol. The van der Waals surface area contributed by atoms with E-state index in [9.17, 15) is 19.2 Å². The predicted octanol–water partition coefficient (Wildman–Crippen LogP) is 1.75. The highest BCUT2D eigenvalue weighted by Crippen LogP contribution is 2.35. The van der Waals surface area contributed by atoms with Gasteiger partial charge in [-0.3, -0.25) is 19.3 Å². The van der Waals surface area contributed by atoms with Crippen LogP contribution in [0.5, 0.6) is 5.75 Å². The van der Waals surface area contributed by atoms with E-state index >= 15 is 0 Å². The van der Waals surface area contributed by atoms with Crippen LogP contribution in [0.15, 0.2) is 47.3 Å². The number of ether oxygens (including phenoxy) is 1. The molecule has 35 heavy (non-hydrogen) atoms. The van der Waals surface area contributed by atoms with Crippen molar-refractivity contribution in [2.75, 3.05) is 26.7 Å². The third-order valence-electron chi connectivity index (χ3n) is 7.38. The Morgan fingerprint density at radius 2 is 1.89 bits per heavy atom. The topological polar surface area (TPSA) is 101 Å². The minimum Gasteiger partial charge on any atom is -0.496 e. The summed E-state index contributed by atoms with van der Waals surface area (Å²) in [5.74, 6) is 0.824. The third-order valence-corrected chi connectivity index (χ3v) is 7.38. The van der Waals surface area contributed by atoms with E-state index < -0.39 is 12.1 Å². The van der Waals surface area contributed by atoms with Crippen LogP contribution >= 0.6 is 0 Å². The molecule has 1 aromatic heterocycles. The lowest BCUT2D eigenvalue weighted by Crippen LogP contribution is -2.49. The van der Waals surface area contributed by atoms with Gasteiger partial charge in [0.1, 0.15) is 11.8 Å². The molecule has 9 nitrogen and oxygen atoms in total. The van der Waals surface area contributed by atoms with Crippen LogP contribution in [0.4, 0.5) is 4.79 Å². The molecule has 0 saturated carbocycles. The minimum absolute atomic E-state index is 0.0130. The summed E-state index contributed by atoms with van der Waals surface area (Å²) in [5, 5.41) is 2.73. The zero-order valence-corrected chi connectivity index (χ0v) is 19.8. The standard InChI is InChI=1S/C26H30N4O5/c1-35-22-7-3-2-5-18(22)11-12-29-25(33)20(27-26(29)34)9-10-23(31)28-14-17-13-19(16-28)21-6-4-8-24(32)30(21)15-17/h2-8,17,19-20H,9-16H2,1H3,(H,27,34)/t17-,19+,20-/m0/s1. The Balaban J connectivity index is 1.16. The molecule has 3 aliphatic heterocycles. The molecule has 2 saturated heterocycles. The maximum Gasteiger partial charge on any atom is 0.324 e. The fourth-order valence-electron chi connectivity index (χ4n) is 5.65. The van der Waals surface area contributed by atoms with Crippen LogP contribution in [0.2, 0.25) is 0 Å². The number of carbonyl (C=O) groups excluding carboxylic acids is 3. The largest absolute Gasteiger partial charge is 0.496 e. The van der Waals surface area contributed by atoms with E-state index in [1.165, 1.54) is 4.90 Å². The number of methoxy groups -OCH3 is 1. The number of likely N-dealkylation sites (tertiary alicyclic amines) is 1. The lowest BCUT2D eigenvalue weighted by atomic mass is 9.83. The molecule has 3 atom stereocenters. The lowest BCUT2D eigenvalue weighted by molar-refractivity contribution is -0.134. The van der Waals surface area contributed by atoms with Gasteiger partial charge in [0.05, 0.1) is 7.11 Å². The van der Waals surface area contributed by atoms with E-state index in [0.29, 0.717) is 26.1 Å². The first-order chi connectivity index (χ1) is 16.9. The minimum atomic E-state index is -0.687. The van der Waals surface area contributed by atoms with Gasteiger partial charge in [-0.2, -0.15) is 0 Å². The molecule has 1 aromatic carbocycles. The molecule has 2 fully saturated rings. The zero-order chi connectivity index (χ0) is 24.5. The van der Waals surface area contributed by atoms with Gasteiger partial charge in [0.25, 0.3) is 11.5 Å². The van der Waals surface area contributed by atoms with Gasteiger partial charge >= 0.3 is 6.03 Å². The van der Waals surface area contributed by atoms with E-state index in [0.717, 1.165) is 23.4 Å². The van der Waals surface area contributed by atoms with Gasteiger partial charge in [-0.05, 0) is 42.9 Å². The Morgan fingerprint density at radius 3 is 2.71 bits per heavy atom. The number of para-hydroxylation sites is 1. The number of pyridine rings is 1. The van der Waals surface area contributed by atoms with E-state index in [-0.39, 0.29) is 48.6 Å². The third kappa shape index (κ3) is 4.54. The summed E-state index contributed by atoms with van der Waals surface area (Å²) in [7, 11) is 1.59. The normalized spacial score (nSPS) is 23.2. The van der Waals surface area contributed by atoms with Gasteiger partial charge < -0.3 is 19.5 Å². The molecular weight excluding hydrogens is 448 g/mol. The van der Waals surface area contributed by atoms with Crippen molar-refractivity contribution in [1.82, 2.24) is 19.7 Å². The number of hydrogen-bond donors (Lipinski definition) is 1. The van der Waals surface area contributed by atoms with Crippen LogP contribution in [0.1, 0.15) is 36.4 Å². The summed E-state index contributed by atoms with van der Waals surface area (Å²) >= 11 is 0. The molecule has 1 N–H and O–H groups in total. The van der Waals surface area contributed by atoms with Gasteiger partial charge in [-0.25, -0.2) is 4.79 Å². The van der Waals surface area contributed by atoms with Crippen LogP contribution in [0.3, 0.4) is 0 Å². The number of fused-ring (bicyclic) bond motifs is 4. The molecule has 5 rings (SSSR count). The number of amides is 4. The van der Waals surface area contributed by atoms with Crippen molar-refractivity contribution in [3.63, 3.8) is 0 Å². The number of urea groups is 1. The fourth-order valence-corrected chi connectivity index (χ4v) is 5.65. The van der Waals surface area contributed by atoms with Crippen LogP contribution < -0.4 is 15.6 Å². The second-order valence-electron chi connectivity index (χ2n) is 9.59. The molecule has 0 spiro atoms. The summed E-state index contributed by atoms with van der Waals surface area (Å²) in [6, 6.07) is 11.8. The molecule has 4 amide bonds. The molecule has 2 aromatic rings. The van der Waals surface area contributed by atoms with E-state index in [1.54, 1.807) is 19.2 Å². The summed E-state index contributed by atoms with van der Waals surface area (Å²) in [5.41, 5.74) is 1.94. The first-order valence-electron chi connectivity index (χ1n) is 12.2. The molecular formula is C26H30N4O5. The number of aromatic nitrogens is 1. The van der Waals surface area contributed by atoms with Gasteiger partial charge in [0.2, 0.25) is 5.91 Å². The second-order valence-corrected chi connectivity index (χ2v) is 9.59. The highest BCUT2D eigenvalue weighted by molar-refractivity contribution is 6.04. The van der Waals surface area contributed by atoms with Crippen LogP contribution in [0, 0.1) is 5.92 Å². The molecule has 0 radical (unpaired) electrons. The van der Waals surface area contributed by atoms with Crippen molar-refractivity contribution in [3.8, 4) is 5.75 Å². The molecule has 9 heteroatoms. The summed E-state index contributed by atoms with van der Waals surface area (Å²) < 4.78 is 7.19. The van der Waals surface area contributed by atoms with Gasteiger partial charge in [-0.1, -0.05) is 24.3 Å². The van der Waals surface area contributed by atoms with Gasteiger partial charge in [0.15, 0.2) is 0 Å². The average Bonchev–Trinajstić information content (AvgIpc) is 3.14. The van der Waals surface area contributed by atoms with Gasteiger partial charge in [0, 0.05) is 50.3 Å². The number of hydrogen-bond acceptors (Lipinski definition) is 5. The number of nitrogens with one attached hydrogen (secondary N) is 1. The Morgan fingerprint density at radius 1 is 1.06 bits per heavy atom. The Bertz CT molecular complexity index is 1210. The van der Waals surface area contributed by atoms with Crippen LogP contribution in [0.25, 0.3) is 0 Å². The first kappa shape index (κ1) is 23.1. The molecule has 0 unspecified atom stereocenters.